The van der Waals surface area contributed by atoms with Crippen LogP contribution in [0, 0.1) is 0 Å². The van der Waals surface area contributed by atoms with Gasteiger partial charge in [0.05, 0.1) is 11.9 Å². The molecular weight excluding hydrogens is 436 g/mol. The molecule has 3 amide bonds. The van der Waals surface area contributed by atoms with Crippen molar-refractivity contribution in [3.8, 4) is 0 Å². The number of amides is 3. The molecule has 2 aliphatic rings. The van der Waals surface area contributed by atoms with E-state index in [4.69, 9.17) is 4.74 Å². The highest BCUT2D eigenvalue weighted by atomic mass is 32.2. The third-order valence-electron chi connectivity index (χ3n) is 5.18. The Labute approximate surface area is 189 Å². The van der Waals surface area contributed by atoms with Crippen LogP contribution in [0.1, 0.15) is 12.8 Å². The topological polar surface area (TPSA) is 99.7 Å². The van der Waals surface area contributed by atoms with Crippen molar-refractivity contribution in [3.05, 3.63) is 30.3 Å². The number of carbonyl (C=O) groups excluding carboxylic acids is 2. The largest absolute Gasteiger partial charge is 0.376 e. The maximum absolute atomic E-state index is 12.6. The second-order valence-corrected chi connectivity index (χ2v) is 9.54. The van der Waals surface area contributed by atoms with Gasteiger partial charge in [-0.3, -0.25) is 4.79 Å². The summed E-state index contributed by atoms with van der Waals surface area (Å²) in [5.41, 5.74) is 0.768. The zero-order chi connectivity index (χ0) is 21.5. The van der Waals surface area contributed by atoms with E-state index in [1.807, 2.05) is 30.3 Å². The van der Waals surface area contributed by atoms with Crippen LogP contribution in [0.4, 0.5) is 15.6 Å². The molecule has 0 spiro atoms. The molecule has 0 saturated carbocycles. The molecule has 2 saturated heterocycles. The predicted octanol–water partition coefficient (Wildman–Crippen LogP) is 2.60. The van der Waals surface area contributed by atoms with Gasteiger partial charge in [-0.25, -0.2) is 4.79 Å². The van der Waals surface area contributed by atoms with Crippen LogP contribution in [0.3, 0.4) is 0 Å². The molecule has 166 valence electrons. The van der Waals surface area contributed by atoms with E-state index in [1.165, 1.54) is 23.1 Å². The molecule has 1 aromatic carbocycles. The lowest BCUT2D eigenvalue weighted by atomic mass is 10.2. The maximum atomic E-state index is 12.6. The van der Waals surface area contributed by atoms with Crippen molar-refractivity contribution in [1.29, 1.82) is 0 Å². The Morgan fingerprint density at radius 1 is 1.13 bits per heavy atom. The summed E-state index contributed by atoms with van der Waals surface area (Å²) >= 11 is 2.85. The van der Waals surface area contributed by atoms with Gasteiger partial charge in [-0.1, -0.05) is 41.3 Å². The number of hydrogen-bond donors (Lipinski definition) is 2. The van der Waals surface area contributed by atoms with Gasteiger partial charge in [0.25, 0.3) is 0 Å². The van der Waals surface area contributed by atoms with E-state index in [1.54, 1.807) is 9.80 Å². The fourth-order valence-corrected chi connectivity index (χ4v) is 5.11. The quantitative estimate of drug-likeness (QED) is 0.610. The number of ether oxygens (including phenoxy) is 1. The highest BCUT2D eigenvalue weighted by molar-refractivity contribution is 8.01. The molecule has 2 N–H and O–H groups in total. The maximum Gasteiger partial charge on any atom is 0.321 e. The number of anilines is 2. The number of nitrogens with one attached hydrogen (secondary N) is 2. The summed E-state index contributed by atoms with van der Waals surface area (Å²) < 4.78 is 6.36. The monoisotopic (exact) mass is 462 g/mol. The van der Waals surface area contributed by atoms with Crippen molar-refractivity contribution in [2.24, 2.45) is 0 Å². The third-order valence-corrected chi connectivity index (χ3v) is 7.17. The number of piperazine rings is 1. The minimum atomic E-state index is -0.135. The number of thioether (sulfide) groups is 1. The standard InChI is InChI=1S/C20H26N6O3S2/c27-17(14-30-20-24-23-18(31-20)21-13-16-7-4-12-29-16)25-8-10-26(11-9-25)19(28)22-15-5-2-1-3-6-15/h1-3,5-6,16H,4,7-14H2,(H,21,23)(H,22,28)/t16-/m0/s1. The molecule has 2 aliphatic heterocycles. The highest BCUT2D eigenvalue weighted by Gasteiger charge is 2.24. The molecule has 11 heteroatoms. The van der Waals surface area contributed by atoms with Crippen molar-refractivity contribution in [1.82, 2.24) is 20.0 Å². The van der Waals surface area contributed by atoms with Gasteiger partial charge in [-0.05, 0) is 25.0 Å². The summed E-state index contributed by atoms with van der Waals surface area (Å²) in [4.78, 5) is 28.5. The Balaban J connectivity index is 1.16. The lowest BCUT2D eigenvalue weighted by Crippen LogP contribution is -2.52. The lowest BCUT2D eigenvalue weighted by molar-refractivity contribution is -0.129. The molecule has 3 heterocycles. The van der Waals surface area contributed by atoms with Gasteiger partial charge >= 0.3 is 6.03 Å². The average molecular weight is 463 g/mol. The highest BCUT2D eigenvalue weighted by Crippen LogP contribution is 2.26. The molecule has 0 aliphatic carbocycles. The van der Waals surface area contributed by atoms with E-state index in [-0.39, 0.29) is 18.0 Å². The normalized spacial score (nSPS) is 18.8. The van der Waals surface area contributed by atoms with Gasteiger partial charge in [0.15, 0.2) is 4.34 Å². The number of hydrogen-bond acceptors (Lipinski definition) is 8. The van der Waals surface area contributed by atoms with Crippen LogP contribution in [0.15, 0.2) is 34.7 Å². The van der Waals surface area contributed by atoms with Crippen LogP contribution >= 0.6 is 23.1 Å². The number of para-hydroxylation sites is 1. The molecule has 1 atom stereocenters. The molecule has 0 unspecified atom stereocenters. The summed E-state index contributed by atoms with van der Waals surface area (Å²) in [5.74, 6) is 0.369. The van der Waals surface area contributed by atoms with Crippen LogP contribution < -0.4 is 10.6 Å². The van der Waals surface area contributed by atoms with Crippen LogP contribution in [-0.2, 0) is 9.53 Å². The van der Waals surface area contributed by atoms with Crippen molar-refractivity contribution in [3.63, 3.8) is 0 Å². The van der Waals surface area contributed by atoms with Crippen molar-refractivity contribution >= 4 is 45.9 Å². The molecule has 0 bridgehead atoms. The van der Waals surface area contributed by atoms with E-state index >= 15 is 0 Å². The Morgan fingerprint density at radius 3 is 2.65 bits per heavy atom. The summed E-state index contributed by atoms with van der Waals surface area (Å²) in [6.45, 7) is 3.67. The Hall–Kier alpha value is -2.37. The Bertz CT molecular complexity index is 867. The minimum absolute atomic E-state index is 0.0529. The minimum Gasteiger partial charge on any atom is -0.376 e. The van der Waals surface area contributed by atoms with Gasteiger partial charge in [-0.2, -0.15) is 0 Å². The van der Waals surface area contributed by atoms with Gasteiger partial charge in [0.1, 0.15) is 0 Å². The molecule has 2 aromatic rings. The van der Waals surface area contributed by atoms with Gasteiger partial charge in [-0.15, -0.1) is 10.2 Å². The number of carbonyl (C=O) groups is 2. The van der Waals surface area contributed by atoms with Gasteiger partial charge in [0, 0.05) is 45.0 Å². The first-order chi connectivity index (χ1) is 15.2. The van der Waals surface area contributed by atoms with Crippen LogP contribution in [0.25, 0.3) is 0 Å². The average Bonchev–Trinajstić information content (AvgIpc) is 3.49. The first-order valence-electron chi connectivity index (χ1n) is 10.4. The van der Waals surface area contributed by atoms with E-state index in [9.17, 15) is 9.59 Å². The first-order valence-corrected chi connectivity index (χ1v) is 12.2. The molecular formula is C20H26N6O3S2. The van der Waals surface area contributed by atoms with E-state index < -0.39 is 0 Å². The second-order valence-electron chi connectivity index (χ2n) is 7.34. The smallest absolute Gasteiger partial charge is 0.321 e. The predicted molar refractivity (Wildman–Crippen MR) is 122 cm³/mol. The Kier molecular flexibility index (Phi) is 7.60. The zero-order valence-corrected chi connectivity index (χ0v) is 18.8. The molecule has 31 heavy (non-hydrogen) atoms. The molecule has 0 radical (unpaired) electrons. The molecule has 1 aromatic heterocycles. The fourth-order valence-electron chi connectivity index (χ4n) is 3.44. The molecule has 9 nitrogen and oxygen atoms in total. The number of urea groups is 1. The van der Waals surface area contributed by atoms with E-state index in [0.29, 0.717) is 31.9 Å². The summed E-state index contributed by atoms with van der Waals surface area (Å²) in [5, 5.41) is 15.2. The van der Waals surface area contributed by atoms with E-state index in [2.05, 4.69) is 20.8 Å². The van der Waals surface area contributed by atoms with Gasteiger partial charge < -0.3 is 25.2 Å². The lowest BCUT2D eigenvalue weighted by Gasteiger charge is -2.34. The number of benzene rings is 1. The van der Waals surface area contributed by atoms with Crippen molar-refractivity contribution in [2.75, 3.05) is 55.7 Å². The number of rotatable bonds is 7. The zero-order valence-electron chi connectivity index (χ0n) is 17.2. The third kappa shape index (κ3) is 6.31. The van der Waals surface area contributed by atoms with Gasteiger partial charge in [0.2, 0.25) is 11.0 Å². The van der Waals surface area contributed by atoms with Crippen LogP contribution in [-0.4, -0.2) is 83.1 Å². The first kappa shape index (κ1) is 21.8. The van der Waals surface area contributed by atoms with Crippen molar-refractivity contribution in [2.45, 2.75) is 23.3 Å². The van der Waals surface area contributed by atoms with Crippen LogP contribution in [0.2, 0.25) is 0 Å². The fraction of sp³-hybridized carbons (Fsp3) is 0.500. The second kappa shape index (κ2) is 10.8. The van der Waals surface area contributed by atoms with Crippen LogP contribution in [0.5, 0.6) is 0 Å². The number of nitrogens with zero attached hydrogens (tertiary/aromatic N) is 4. The van der Waals surface area contributed by atoms with E-state index in [0.717, 1.165) is 41.2 Å². The summed E-state index contributed by atoms with van der Waals surface area (Å²) in [6, 6.07) is 9.24. The SMILES string of the molecule is O=C(CSc1nnc(NC[C@@H]2CCCO2)s1)N1CCN(C(=O)Nc2ccccc2)CC1. The van der Waals surface area contributed by atoms with Crippen molar-refractivity contribution < 1.29 is 14.3 Å². The summed E-state index contributed by atoms with van der Waals surface area (Å²) in [7, 11) is 0. The number of aromatic nitrogens is 2. The molecule has 2 fully saturated rings. The Morgan fingerprint density at radius 2 is 1.90 bits per heavy atom. The summed E-state index contributed by atoms with van der Waals surface area (Å²) in [6.07, 6.45) is 2.43. The molecule has 4 rings (SSSR count).